The molecule has 0 radical (unpaired) electrons. The van der Waals surface area contributed by atoms with Crippen molar-refractivity contribution >= 4 is 42.0 Å². The molecule has 2 aromatic carbocycles. The minimum atomic E-state index is -1.58. The van der Waals surface area contributed by atoms with Gasteiger partial charge in [-0.15, -0.1) is 0 Å². The average molecular weight is 444 g/mol. The molecule has 2 atom stereocenters. The normalized spacial score (nSPS) is 20.3. The Balaban J connectivity index is 1.97. The molecule has 0 aromatic heterocycles. The summed E-state index contributed by atoms with van der Waals surface area (Å²) in [5.41, 5.74) is -1.07. The van der Waals surface area contributed by atoms with Crippen molar-refractivity contribution in [3.8, 4) is 0 Å². The van der Waals surface area contributed by atoms with Gasteiger partial charge in [-0.2, -0.15) is 12.6 Å². The number of carboxylic acid groups (broad SMARTS) is 2. The average Bonchev–Trinajstić information content (AvgIpc) is 3.06. The number of nitrogens with one attached hydrogen (secondary N) is 1. The number of hydrogen-bond acceptors (Lipinski definition) is 7. The number of hydrogen-bond donors (Lipinski definition) is 3. The van der Waals surface area contributed by atoms with Gasteiger partial charge in [-0.25, -0.2) is 4.79 Å². The van der Waals surface area contributed by atoms with Crippen LogP contribution in [0.5, 0.6) is 0 Å². The Bertz CT molecular complexity index is 1040. The lowest BCUT2D eigenvalue weighted by atomic mass is 9.86. The van der Waals surface area contributed by atoms with Gasteiger partial charge >= 0.3 is 5.97 Å². The quantitative estimate of drug-likeness (QED) is 0.347. The van der Waals surface area contributed by atoms with E-state index in [1.807, 2.05) is 0 Å². The van der Waals surface area contributed by atoms with Crippen LogP contribution in [0.1, 0.15) is 22.3 Å². The summed E-state index contributed by atoms with van der Waals surface area (Å²) in [4.78, 5) is 47.6. The van der Waals surface area contributed by atoms with Gasteiger partial charge in [0, 0.05) is 36.0 Å². The number of nitrogens with zero attached hydrogens (tertiary/aromatic N) is 2. The summed E-state index contributed by atoms with van der Waals surface area (Å²) in [5, 5.41) is 34.0. The first-order valence-electron chi connectivity index (χ1n) is 9.17. The van der Waals surface area contributed by atoms with Crippen molar-refractivity contribution in [3.05, 3.63) is 69.8 Å². The van der Waals surface area contributed by atoms with Gasteiger partial charge in [0.15, 0.2) is 0 Å². The molecule has 1 aliphatic rings. The van der Waals surface area contributed by atoms with Gasteiger partial charge in [0.25, 0.3) is 11.6 Å². The first kappa shape index (κ1) is 22.1. The third-order valence-corrected chi connectivity index (χ3v) is 5.48. The lowest BCUT2D eigenvalue weighted by Gasteiger charge is -2.39. The fraction of sp³-hybridized carbons (Fsp3) is 0.250. The number of benzene rings is 2. The molecule has 2 N–H and O–H groups in total. The third kappa shape index (κ3) is 4.61. The van der Waals surface area contributed by atoms with Crippen LogP contribution in [-0.4, -0.2) is 50.2 Å². The molecule has 0 aliphatic carbocycles. The molecule has 0 spiro atoms. The molecule has 2 aromatic rings. The maximum Gasteiger partial charge on any atom is 0.335 e. The van der Waals surface area contributed by atoms with E-state index in [9.17, 15) is 29.6 Å². The van der Waals surface area contributed by atoms with Crippen LogP contribution in [0.25, 0.3) is 0 Å². The third-order valence-electron chi connectivity index (χ3n) is 5.14. The van der Waals surface area contributed by atoms with Crippen LogP contribution >= 0.6 is 12.6 Å². The molecule has 0 saturated carbocycles. The number of thiol groups is 1. The summed E-state index contributed by atoms with van der Waals surface area (Å²) in [5.74, 6) is -1.85. The van der Waals surface area contributed by atoms with Crippen LogP contribution < -0.4 is 10.4 Å². The molecule has 0 unspecified atom stereocenters. The lowest BCUT2D eigenvalue weighted by Crippen LogP contribution is -2.59. The molecular weight excluding hydrogens is 426 g/mol. The molecule has 2 amide bonds. The molecule has 1 fully saturated rings. The standard InChI is InChI=1S/C20H19N3O7S/c24-17(25)13-2-1-3-14(8-13)21-18(26)20(10-16(31)11-22(20)19(27)28)9-12-4-6-15(7-5-12)23(29)30/h1-8,16,31H,9-11H2,(H,21,26)(H,24,25)(H,27,28)/p-1/t16-,20-/m0/s1. The van der Waals surface area contributed by atoms with Crippen molar-refractivity contribution in [1.29, 1.82) is 0 Å². The number of rotatable bonds is 6. The van der Waals surface area contributed by atoms with E-state index in [0.29, 0.717) is 5.56 Å². The Hall–Kier alpha value is -3.60. The van der Waals surface area contributed by atoms with E-state index in [4.69, 9.17) is 5.11 Å². The van der Waals surface area contributed by atoms with Gasteiger partial charge in [0.05, 0.1) is 10.5 Å². The Morgan fingerprint density at radius 2 is 1.90 bits per heavy atom. The number of carbonyl (C=O) groups is 3. The summed E-state index contributed by atoms with van der Waals surface area (Å²) in [6, 6.07) is 11.0. The van der Waals surface area contributed by atoms with Crippen LogP contribution in [0.15, 0.2) is 48.5 Å². The van der Waals surface area contributed by atoms with Crippen molar-refractivity contribution < 1.29 is 29.5 Å². The van der Waals surface area contributed by atoms with Crippen LogP contribution in [0, 0.1) is 10.1 Å². The lowest BCUT2D eigenvalue weighted by molar-refractivity contribution is -0.384. The van der Waals surface area contributed by atoms with Gasteiger partial charge in [-0.3, -0.25) is 14.9 Å². The number of nitro benzene ring substituents is 1. The predicted octanol–water partition coefficient (Wildman–Crippen LogP) is 1.56. The summed E-state index contributed by atoms with van der Waals surface area (Å²) in [6.45, 7) is -0.0407. The van der Waals surface area contributed by atoms with Crippen LogP contribution in [0.4, 0.5) is 16.2 Å². The maximum absolute atomic E-state index is 13.3. The Labute approximate surface area is 182 Å². The number of anilines is 1. The molecule has 0 bridgehead atoms. The van der Waals surface area contributed by atoms with Crippen LogP contribution in [0.2, 0.25) is 0 Å². The summed E-state index contributed by atoms with van der Waals surface area (Å²) in [7, 11) is 0. The van der Waals surface area contributed by atoms with Crippen molar-refractivity contribution in [2.24, 2.45) is 0 Å². The SMILES string of the molecule is O=C(O)c1cccc(NC(=O)[C@]2(Cc3ccc([N+](=O)[O-])cc3)C[C@H](S)CN2C(=O)[O-])c1. The van der Waals surface area contributed by atoms with E-state index in [-0.39, 0.29) is 36.3 Å². The Morgan fingerprint density at radius 1 is 1.23 bits per heavy atom. The smallest absolute Gasteiger partial charge is 0.335 e. The van der Waals surface area contributed by atoms with Crippen molar-refractivity contribution in [2.75, 3.05) is 11.9 Å². The molecule has 1 saturated heterocycles. The summed E-state index contributed by atoms with van der Waals surface area (Å²) in [6.07, 6.45) is -1.54. The van der Waals surface area contributed by atoms with Crippen molar-refractivity contribution in [3.63, 3.8) is 0 Å². The van der Waals surface area contributed by atoms with Gasteiger partial charge < -0.3 is 25.2 Å². The van der Waals surface area contributed by atoms with E-state index in [2.05, 4.69) is 17.9 Å². The maximum atomic E-state index is 13.3. The summed E-state index contributed by atoms with van der Waals surface area (Å²) < 4.78 is 0. The first-order valence-corrected chi connectivity index (χ1v) is 9.69. The fourth-order valence-corrected chi connectivity index (χ4v) is 4.18. The highest BCUT2D eigenvalue weighted by Gasteiger charge is 2.50. The largest absolute Gasteiger partial charge is 0.530 e. The number of non-ortho nitro benzene ring substituents is 1. The number of aromatic carboxylic acids is 1. The highest BCUT2D eigenvalue weighted by Crippen LogP contribution is 2.36. The second-order valence-electron chi connectivity index (χ2n) is 7.21. The molecule has 162 valence electrons. The first-order chi connectivity index (χ1) is 14.6. The highest BCUT2D eigenvalue weighted by molar-refractivity contribution is 7.81. The fourth-order valence-electron chi connectivity index (χ4n) is 3.71. The Morgan fingerprint density at radius 3 is 2.48 bits per heavy atom. The number of carboxylic acids is 1. The number of carbonyl (C=O) groups excluding carboxylic acids is 2. The zero-order chi connectivity index (χ0) is 22.8. The number of nitro groups is 1. The molecule has 3 rings (SSSR count). The van der Waals surface area contributed by atoms with Gasteiger partial charge in [0.1, 0.15) is 11.6 Å². The van der Waals surface area contributed by atoms with Gasteiger partial charge in [-0.1, -0.05) is 18.2 Å². The highest BCUT2D eigenvalue weighted by atomic mass is 32.1. The van der Waals surface area contributed by atoms with Crippen LogP contribution in [0.3, 0.4) is 0 Å². The van der Waals surface area contributed by atoms with E-state index in [0.717, 1.165) is 4.90 Å². The van der Waals surface area contributed by atoms with E-state index in [1.54, 1.807) is 0 Å². The number of likely N-dealkylation sites (tertiary alicyclic amines) is 1. The second-order valence-corrected chi connectivity index (χ2v) is 7.94. The molecule has 1 aliphatic heterocycles. The second kappa shape index (κ2) is 8.64. The predicted molar refractivity (Wildman–Crippen MR) is 111 cm³/mol. The van der Waals surface area contributed by atoms with Gasteiger partial charge in [0.2, 0.25) is 0 Å². The Kier molecular flexibility index (Phi) is 6.16. The van der Waals surface area contributed by atoms with E-state index in [1.165, 1.54) is 48.5 Å². The zero-order valence-corrected chi connectivity index (χ0v) is 17.0. The van der Waals surface area contributed by atoms with Gasteiger partial charge in [-0.05, 0) is 30.2 Å². The summed E-state index contributed by atoms with van der Waals surface area (Å²) >= 11 is 4.35. The van der Waals surface area contributed by atoms with Crippen molar-refractivity contribution in [1.82, 2.24) is 4.90 Å². The van der Waals surface area contributed by atoms with Crippen molar-refractivity contribution in [2.45, 2.75) is 23.6 Å². The molecule has 11 heteroatoms. The van der Waals surface area contributed by atoms with E-state index < -0.39 is 33.7 Å². The van der Waals surface area contributed by atoms with E-state index >= 15 is 0 Å². The number of amides is 2. The molecule has 10 nitrogen and oxygen atoms in total. The minimum Gasteiger partial charge on any atom is -0.530 e. The zero-order valence-electron chi connectivity index (χ0n) is 16.1. The van der Waals surface area contributed by atoms with Crippen LogP contribution in [-0.2, 0) is 11.2 Å². The molecular formula is C20H18N3O7S-. The topological polar surface area (TPSA) is 153 Å². The molecule has 1 heterocycles. The minimum absolute atomic E-state index is 0.0407. The molecule has 31 heavy (non-hydrogen) atoms. The monoisotopic (exact) mass is 444 g/mol.